The largest absolute Gasteiger partial charge is 0.356 e. The van der Waals surface area contributed by atoms with Crippen LogP contribution in [0.25, 0.3) is 16.2 Å². The Balaban J connectivity index is 1.18. The Hall–Kier alpha value is -3.70. The number of amides is 1. The fourth-order valence-electron chi connectivity index (χ4n) is 4.34. The van der Waals surface area contributed by atoms with Crippen molar-refractivity contribution < 1.29 is 4.79 Å². The first-order chi connectivity index (χ1) is 16.8. The molecule has 3 aromatic carbocycles. The van der Waals surface area contributed by atoms with E-state index in [9.17, 15) is 4.79 Å². The van der Waals surface area contributed by atoms with Crippen LogP contribution in [0, 0.1) is 0 Å². The van der Waals surface area contributed by atoms with Gasteiger partial charge in [-0.15, -0.1) is 11.3 Å². The highest BCUT2D eigenvalue weighted by Gasteiger charge is 2.15. The highest BCUT2D eigenvalue weighted by Crippen LogP contribution is 2.27. The van der Waals surface area contributed by atoms with Gasteiger partial charge in [0.2, 0.25) is 5.91 Å². The van der Waals surface area contributed by atoms with Crippen molar-refractivity contribution in [3.05, 3.63) is 119 Å². The minimum Gasteiger partial charge on any atom is -0.356 e. The second-order valence-electron chi connectivity index (χ2n) is 8.38. The maximum atomic E-state index is 12.6. The van der Waals surface area contributed by atoms with E-state index in [1.807, 2.05) is 30.3 Å². The molecule has 5 heteroatoms. The Morgan fingerprint density at radius 3 is 2.15 bits per heavy atom. The van der Waals surface area contributed by atoms with Crippen molar-refractivity contribution in [2.45, 2.75) is 25.2 Å². The van der Waals surface area contributed by atoms with Gasteiger partial charge in [-0.2, -0.15) is 0 Å². The molecule has 2 aromatic heterocycles. The fraction of sp³-hybridized carbons (Fsp3) is 0.172. The lowest BCUT2D eigenvalue weighted by Crippen LogP contribution is -2.26. The summed E-state index contributed by atoms with van der Waals surface area (Å²) in [6.07, 6.45) is 4.09. The number of aromatic nitrogens is 2. The van der Waals surface area contributed by atoms with E-state index in [0.29, 0.717) is 19.4 Å². The molecule has 4 nitrogen and oxygen atoms in total. The van der Waals surface area contributed by atoms with Crippen LogP contribution in [0.2, 0.25) is 0 Å². The lowest BCUT2D eigenvalue weighted by atomic mass is 9.88. The zero-order valence-corrected chi connectivity index (χ0v) is 19.7. The molecule has 0 radical (unpaired) electrons. The van der Waals surface area contributed by atoms with Gasteiger partial charge in [0.25, 0.3) is 0 Å². The Morgan fingerprint density at radius 2 is 1.50 bits per heavy atom. The molecule has 0 aliphatic rings. The molecule has 0 fully saturated rings. The van der Waals surface area contributed by atoms with Gasteiger partial charge in [0.1, 0.15) is 0 Å². The van der Waals surface area contributed by atoms with Crippen LogP contribution in [0.3, 0.4) is 0 Å². The summed E-state index contributed by atoms with van der Waals surface area (Å²) in [5.41, 5.74) is 5.74. The van der Waals surface area contributed by atoms with Crippen LogP contribution >= 0.6 is 11.3 Å². The number of aryl methyl sites for hydroxylation is 1. The van der Waals surface area contributed by atoms with Crippen molar-refractivity contribution in [1.29, 1.82) is 0 Å². The summed E-state index contributed by atoms with van der Waals surface area (Å²) in [4.78, 5) is 18.3. The number of carbonyl (C=O) groups excluding carboxylic acids is 1. The van der Waals surface area contributed by atoms with E-state index in [1.54, 1.807) is 11.3 Å². The maximum Gasteiger partial charge on any atom is 0.220 e. The first-order valence-corrected chi connectivity index (χ1v) is 12.5. The van der Waals surface area contributed by atoms with Gasteiger partial charge in [-0.3, -0.25) is 9.20 Å². The average molecular weight is 466 g/mol. The molecule has 0 saturated carbocycles. The Morgan fingerprint density at radius 1 is 0.882 bits per heavy atom. The summed E-state index contributed by atoms with van der Waals surface area (Å²) in [6, 6.07) is 31.2. The van der Waals surface area contributed by atoms with Gasteiger partial charge in [-0.1, -0.05) is 91.0 Å². The number of rotatable bonds is 9. The van der Waals surface area contributed by atoms with Crippen LogP contribution in [-0.4, -0.2) is 21.8 Å². The van der Waals surface area contributed by atoms with Gasteiger partial charge >= 0.3 is 0 Å². The van der Waals surface area contributed by atoms with Crippen LogP contribution in [-0.2, 0) is 11.2 Å². The van der Waals surface area contributed by atoms with E-state index >= 15 is 0 Å². The smallest absolute Gasteiger partial charge is 0.220 e. The second-order valence-corrected chi connectivity index (χ2v) is 9.22. The maximum absolute atomic E-state index is 12.6. The monoisotopic (exact) mass is 465 g/mol. The lowest BCUT2D eigenvalue weighted by molar-refractivity contribution is -0.121. The molecule has 0 unspecified atom stereocenters. The molecule has 170 valence electrons. The van der Waals surface area contributed by atoms with E-state index in [-0.39, 0.29) is 11.8 Å². The number of nitrogens with zero attached hydrogens (tertiary/aromatic N) is 2. The molecule has 0 aliphatic heterocycles. The molecule has 0 spiro atoms. The molecule has 1 N–H and O–H groups in total. The molecule has 0 aliphatic carbocycles. The number of thiazole rings is 1. The first kappa shape index (κ1) is 22.1. The first-order valence-electron chi connectivity index (χ1n) is 11.7. The molecule has 2 heterocycles. The van der Waals surface area contributed by atoms with Crippen molar-refractivity contribution in [2.24, 2.45) is 0 Å². The topological polar surface area (TPSA) is 46.4 Å². The van der Waals surface area contributed by atoms with E-state index in [2.05, 4.69) is 82.0 Å². The predicted octanol–water partition coefficient (Wildman–Crippen LogP) is 6.33. The molecule has 0 atom stereocenters. The highest BCUT2D eigenvalue weighted by atomic mass is 32.1. The summed E-state index contributed by atoms with van der Waals surface area (Å²) < 4.78 is 2.11. The van der Waals surface area contributed by atoms with Gasteiger partial charge in [0.15, 0.2) is 4.96 Å². The van der Waals surface area contributed by atoms with Crippen molar-refractivity contribution in [3.8, 4) is 11.3 Å². The SMILES string of the molecule is O=C(CCc1csc2nc(-c3ccccc3)cn12)NCCC(c1ccccc1)c1ccccc1. The predicted molar refractivity (Wildman–Crippen MR) is 139 cm³/mol. The Bertz CT molecular complexity index is 1300. The molecule has 0 saturated heterocycles. The standard InChI is InChI=1S/C29H27N3OS/c33-28(30-19-18-26(22-10-4-1-5-11-22)23-12-6-2-7-13-23)17-16-25-21-34-29-31-27(20-32(25)29)24-14-8-3-9-15-24/h1-15,20-21,26H,16-19H2,(H,30,33). The quantitative estimate of drug-likeness (QED) is 0.276. The van der Waals surface area contributed by atoms with E-state index < -0.39 is 0 Å². The van der Waals surface area contributed by atoms with Crippen LogP contribution in [0.5, 0.6) is 0 Å². The number of benzene rings is 3. The molecule has 5 rings (SSSR count). The summed E-state index contributed by atoms with van der Waals surface area (Å²) >= 11 is 1.62. The lowest BCUT2D eigenvalue weighted by Gasteiger charge is -2.18. The highest BCUT2D eigenvalue weighted by molar-refractivity contribution is 7.15. The second kappa shape index (κ2) is 10.5. The third kappa shape index (κ3) is 5.10. The molecular weight excluding hydrogens is 438 g/mol. The number of fused-ring (bicyclic) bond motifs is 1. The molecule has 5 aromatic rings. The summed E-state index contributed by atoms with van der Waals surface area (Å²) in [5, 5.41) is 5.24. The number of nitrogens with one attached hydrogen (secondary N) is 1. The minimum absolute atomic E-state index is 0.0858. The summed E-state index contributed by atoms with van der Waals surface area (Å²) in [7, 11) is 0. The molecular formula is C29H27N3OS. The molecule has 1 amide bonds. The van der Waals surface area contributed by atoms with Gasteiger partial charge in [0, 0.05) is 41.7 Å². The normalized spacial score (nSPS) is 11.2. The zero-order valence-electron chi connectivity index (χ0n) is 18.9. The van der Waals surface area contributed by atoms with Gasteiger partial charge < -0.3 is 5.32 Å². The average Bonchev–Trinajstić information content (AvgIpc) is 3.48. The third-order valence-corrected chi connectivity index (χ3v) is 7.01. The summed E-state index contributed by atoms with van der Waals surface area (Å²) in [5.74, 6) is 0.351. The van der Waals surface area contributed by atoms with Crippen LogP contribution in [0.15, 0.2) is 103 Å². The third-order valence-electron chi connectivity index (χ3n) is 6.12. The van der Waals surface area contributed by atoms with Crippen LogP contribution in [0.1, 0.15) is 35.6 Å². The van der Waals surface area contributed by atoms with Crippen molar-refractivity contribution in [3.63, 3.8) is 0 Å². The van der Waals surface area contributed by atoms with E-state index in [1.165, 1.54) is 11.1 Å². The minimum atomic E-state index is 0.0858. The van der Waals surface area contributed by atoms with Crippen LogP contribution in [0.4, 0.5) is 0 Å². The van der Waals surface area contributed by atoms with E-state index in [4.69, 9.17) is 4.98 Å². The van der Waals surface area contributed by atoms with Gasteiger partial charge in [0.05, 0.1) is 5.69 Å². The summed E-state index contributed by atoms with van der Waals surface area (Å²) in [6.45, 7) is 0.648. The number of imidazole rings is 1. The Labute approximate surface area is 203 Å². The van der Waals surface area contributed by atoms with Crippen molar-refractivity contribution >= 4 is 22.2 Å². The van der Waals surface area contributed by atoms with Crippen molar-refractivity contribution in [2.75, 3.05) is 6.54 Å². The zero-order chi connectivity index (χ0) is 23.2. The number of hydrogen-bond acceptors (Lipinski definition) is 3. The molecule has 34 heavy (non-hydrogen) atoms. The Kier molecular flexibility index (Phi) is 6.82. The van der Waals surface area contributed by atoms with E-state index in [0.717, 1.165) is 28.3 Å². The number of carbonyl (C=O) groups is 1. The molecule has 0 bridgehead atoms. The van der Waals surface area contributed by atoms with Gasteiger partial charge in [-0.05, 0) is 24.0 Å². The van der Waals surface area contributed by atoms with Crippen molar-refractivity contribution in [1.82, 2.24) is 14.7 Å². The number of hydrogen-bond donors (Lipinski definition) is 1. The van der Waals surface area contributed by atoms with Crippen LogP contribution < -0.4 is 5.32 Å². The van der Waals surface area contributed by atoms with Gasteiger partial charge in [-0.25, -0.2) is 4.98 Å². The fourth-order valence-corrected chi connectivity index (χ4v) is 5.25.